The highest BCUT2D eigenvalue weighted by Crippen LogP contribution is 2.23. The summed E-state index contributed by atoms with van der Waals surface area (Å²) < 4.78 is 0. The van der Waals surface area contributed by atoms with Gasteiger partial charge in [-0.25, -0.2) is 4.79 Å². The minimum absolute atomic E-state index is 0.0744. The number of hydrogen-bond acceptors (Lipinski definition) is 3. The fraction of sp³-hybridized carbons (Fsp3) is 0.348. The van der Waals surface area contributed by atoms with Crippen molar-refractivity contribution in [1.29, 1.82) is 0 Å². The molecule has 2 aromatic rings. The molecule has 6 heteroatoms. The highest BCUT2D eigenvalue weighted by atomic mass is 16.4. The predicted octanol–water partition coefficient (Wildman–Crippen LogP) is 4.41. The number of carboxylic acid groups (broad SMARTS) is 1. The second-order valence-corrected chi connectivity index (χ2v) is 7.14. The van der Waals surface area contributed by atoms with Gasteiger partial charge in [-0.2, -0.15) is 0 Å². The predicted molar refractivity (Wildman–Crippen MR) is 114 cm³/mol. The number of hydrogen-bond donors (Lipinski definition) is 2. The van der Waals surface area contributed by atoms with E-state index in [1.165, 1.54) is 29.2 Å². The lowest BCUT2D eigenvalue weighted by atomic mass is 10.0. The number of carbonyl (C=O) groups is 3. The third-order valence-corrected chi connectivity index (χ3v) is 5.12. The van der Waals surface area contributed by atoms with E-state index in [0.717, 1.165) is 11.1 Å². The van der Waals surface area contributed by atoms with Crippen LogP contribution in [0.2, 0.25) is 0 Å². The van der Waals surface area contributed by atoms with E-state index in [9.17, 15) is 14.4 Å². The van der Waals surface area contributed by atoms with E-state index >= 15 is 0 Å². The third kappa shape index (κ3) is 5.67. The Hall–Kier alpha value is -3.15. The van der Waals surface area contributed by atoms with Crippen molar-refractivity contribution in [3.8, 4) is 0 Å². The number of amides is 2. The molecule has 0 saturated carbocycles. The van der Waals surface area contributed by atoms with E-state index in [1.807, 2.05) is 45.9 Å². The Balaban J connectivity index is 2.23. The molecule has 29 heavy (non-hydrogen) atoms. The molecule has 0 aliphatic rings. The number of benzene rings is 2. The van der Waals surface area contributed by atoms with Crippen molar-refractivity contribution in [2.24, 2.45) is 5.92 Å². The Bertz CT molecular complexity index is 886. The number of carboxylic acids is 1. The number of nitrogens with zero attached hydrogens (tertiary/aromatic N) is 1. The lowest BCUT2D eigenvalue weighted by molar-refractivity contribution is -0.124. The summed E-state index contributed by atoms with van der Waals surface area (Å²) in [5.41, 5.74) is 3.49. The zero-order valence-corrected chi connectivity index (χ0v) is 17.4. The SMILES string of the molecule is CCC(CC)C(=O)N(CC(=O)Nc1ccc(C(=O)O)cc1)c1ccc(C)c(C)c1. The summed E-state index contributed by atoms with van der Waals surface area (Å²) in [7, 11) is 0. The molecule has 6 nitrogen and oxygen atoms in total. The quantitative estimate of drug-likeness (QED) is 0.692. The number of nitrogens with one attached hydrogen (secondary N) is 1. The molecule has 154 valence electrons. The average molecular weight is 396 g/mol. The third-order valence-electron chi connectivity index (χ3n) is 5.12. The zero-order valence-electron chi connectivity index (χ0n) is 17.4. The van der Waals surface area contributed by atoms with Crippen LogP contribution in [0.4, 0.5) is 11.4 Å². The number of rotatable bonds is 8. The smallest absolute Gasteiger partial charge is 0.335 e. The minimum atomic E-state index is -1.03. The first kappa shape index (κ1) is 22.1. The van der Waals surface area contributed by atoms with E-state index in [2.05, 4.69) is 5.32 Å². The maximum Gasteiger partial charge on any atom is 0.335 e. The van der Waals surface area contributed by atoms with Gasteiger partial charge in [0.25, 0.3) is 0 Å². The van der Waals surface area contributed by atoms with Gasteiger partial charge < -0.3 is 15.3 Å². The molecule has 0 unspecified atom stereocenters. The molecule has 0 radical (unpaired) electrons. The second-order valence-electron chi connectivity index (χ2n) is 7.14. The topological polar surface area (TPSA) is 86.7 Å². The van der Waals surface area contributed by atoms with Crippen LogP contribution < -0.4 is 10.2 Å². The number of aromatic carboxylic acids is 1. The second kappa shape index (κ2) is 9.87. The van der Waals surface area contributed by atoms with Gasteiger partial charge in [-0.05, 0) is 74.2 Å². The van der Waals surface area contributed by atoms with Crippen molar-refractivity contribution in [3.05, 3.63) is 59.2 Å². The van der Waals surface area contributed by atoms with Crippen molar-refractivity contribution in [1.82, 2.24) is 0 Å². The zero-order chi connectivity index (χ0) is 21.6. The fourth-order valence-electron chi connectivity index (χ4n) is 3.09. The van der Waals surface area contributed by atoms with Crippen LogP contribution in [0.5, 0.6) is 0 Å². The number of anilines is 2. The molecule has 2 N–H and O–H groups in total. The van der Waals surface area contributed by atoms with Crippen LogP contribution in [0.15, 0.2) is 42.5 Å². The standard InChI is InChI=1S/C23H28N2O4/c1-5-17(6-2)22(27)25(20-12-7-15(3)16(4)13-20)14-21(26)24-19-10-8-18(9-11-19)23(28)29/h7-13,17H,5-6,14H2,1-4H3,(H,24,26)(H,28,29). The van der Waals surface area contributed by atoms with Crippen LogP contribution in [0.3, 0.4) is 0 Å². The molecule has 0 saturated heterocycles. The van der Waals surface area contributed by atoms with Gasteiger partial charge in [0.05, 0.1) is 5.56 Å². The summed E-state index contributed by atoms with van der Waals surface area (Å²) in [4.78, 5) is 38.2. The molecule has 0 bridgehead atoms. The van der Waals surface area contributed by atoms with Gasteiger partial charge in [-0.15, -0.1) is 0 Å². The Labute approximate surface area is 171 Å². The monoisotopic (exact) mass is 396 g/mol. The fourth-order valence-corrected chi connectivity index (χ4v) is 3.09. The van der Waals surface area contributed by atoms with Crippen LogP contribution in [-0.4, -0.2) is 29.4 Å². The molecule has 2 aromatic carbocycles. The maximum atomic E-state index is 13.1. The summed E-state index contributed by atoms with van der Waals surface area (Å²) in [6.07, 6.45) is 1.41. The summed E-state index contributed by atoms with van der Waals surface area (Å²) in [6, 6.07) is 11.6. The van der Waals surface area contributed by atoms with Crippen LogP contribution >= 0.6 is 0 Å². The minimum Gasteiger partial charge on any atom is -0.478 e. The van der Waals surface area contributed by atoms with Crippen LogP contribution in [0, 0.1) is 19.8 Å². The maximum absolute atomic E-state index is 13.1. The van der Waals surface area contributed by atoms with Gasteiger partial charge in [0, 0.05) is 17.3 Å². The Morgan fingerprint density at radius 3 is 2.10 bits per heavy atom. The molecule has 2 rings (SSSR count). The Morgan fingerprint density at radius 2 is 1.59 bits per heavy atom. The molecule has 0 aliphatic carbocycles. The first-order valence-corrected chi connectivity index (χ1v) is 9.78. The highest BCUT2D eigenvalue weighted by Gasteiger charge is 2.25. The van der Waals surface area contributed by atoms with Gasteiger partial charge in [0.1, 0.15) is 6.54 Å². The van der Waals surface area contributed by atoms with Gasteiger partial charge in [0.2, 0.25) is 11.8 Å². The Morgan fingerprint density at radius 1 is 0.966 bits per heavy atom. The van der Waals surface area contributed by atoms with Crippen LogP contribution in [0.25, 0.3) is 0 Å². The first-order valence-electron chi connectivity index (χ1n) is 9.78. The normalized spacial score (nSPS) is 10.7. The molecule has 0 aromatic heterocycles. The largest absolute Gasteiger partial charge is 0.478 e. The van der Waals surface area contributed by atoms with Gasteiger partial charge in [0.15, 0.2) is 0 Å². The summed E-state index contributed by atoms with van der Waals surface area (Å²) >= 11 is 0. The molecule has 0 atom stereocenters. The Kier molecular flexibility index (Phi) is 7.53. The molecule has 0 fully saturated rings. The van der Waals surface area contributed by atoms with Crippen molar-refractivity contribution in [3.63, 3.8) is 0 Å². The van der Waals surface area contributed by atoms with Gasteiger partial charge >= 0.3 is 5.97 Å². The molecular weight excluding hydrogens is 368 g/mol. The van der Waals surface area contributed by atoms with Gasteiger partial charge in [-0.3, -0.25) is 9.59 Å². The summed E-state index contributed by atoms with van der Waals surface area (Å²) in [5, 5.41) is 11.7. The van der Waals surface area contributed by atoms with Gasteiger partial charge in [-0.1, -0.05) is 19.9 Å². The van der Waals surface area contributed by atoms with Crippen molar-refractivity contribution in [2.45, 2.75) is 40.5 Å². The molecular formula is C23H28N2O4. The number of carbonyl (C=O) groups excluding carboxylic acids is 2. The van der Waals surface area contributed by atoms with Crippen molar-refractivity contribution in [2.75, 3.05) is 16.8 Å². The number of aryl methyl sites for hydroxylation is 2. The van der Waals surface area contributed by atoms with E-state index in [1.54, 1.807) is 0 Å². The van der Waals surface area contributed by atoms with E-state index in [4.69, 9.17) is 5.11 Å². The molecule has 0 aliphatic heterocycles. The van der Waals surface area contributed by atoms with E-state index in [-0.39, 0.29) is 29.8 Å². The summed E-state index contributed by atoms with van der Waals surface area (Å²) in [6.45, 7) is 7.80. The molecule has 0 spiro atoms. The van der Waals surface area contributed by atoms with E-state index < -0.39 is 5.97 Å². The lowest BCUT2D eigenvalue weighted by Crippen LogP contribution is -2.41. The lowest BCUT2D eigenvalue weighted by Gasteiger charge is -2.27. The van der Waals surface area contributed by atoms with Crippen LogP contribution in [0.1, 0.15) is 48.2 Å². The van der Waals surface area contributed by atoms with E-state index in [0.29, 0.717) is 24.2 Å². The van der Waals surface area contributed by atoms with Crippen LogP contribution in [-0.2, 0) is 9.59 Å². The average Bonchev–Trinajstić information content (AvgIpc) is 2.69. The highest BCUT2D eigenvalue weighted by molar-refractivity contribution is 6.03. The summed E-state index contributed by atoms with van der Waals surface area (Å²) in [5.74, 6) is -1.60. The molecule has 0 heterocycles. The first-order chi connectivity index (χ1) is 13.8. The van der Waals surface area contributed by atoms with Crippen molar-refractivity contribution < 1.29 is 19.5 Å². The molecule has 2 amide bonds. The van der Waals surface area contributed by atoms with Crippen molar-refractivity contribution >= 4 is 29.2 Å².